The van der Waals surface area contributed by atoms with Crippen molar-refractivity contribution in [3.05, 3.63) is 69.1 Å². The van der Waals surface area contributed by atoms with Gasteiger partial charge in [0.1, 0.15) is 18.2 Å². The molecule has 3 nitrogen and oxygen atoms in total. The molecule has 0 spiro atoms. The van der Waals surface area contributed by atoms with E-state index in [0.717, 1.165) is 15.2 Å². The van der Waals surface area contributed by atoms with Crippen LogP contribution in [0.5, 0.6) is 5.75 Å². The number of aliphatic carboxylic acids is 1. The predicted octanol–water partition coefficient (Wildman–Crippen LogP) is 4.11. The van der Waals surface area contributed by atoms with Crippen molar-refractivity contribution >= 4 is 34.6 Å². The normalized spacial score (nSPS) is 10.8. The summed E-state index contributed by atoms with van der Waals surface area (Å²) < 4.78 is 19.9. The summed E-state index contributed by atoms with van der Waals surface area (Å²) in [5, 5.41) is 8.59. The molecule has 0 atom stereocenters. The van der Waals surface area contributed by atoms with Crippen LogP contribution in [-0.4, -0.2) is 11.1 Å². The lowest BCUT2D eigenvalue weighted by molar-refractivity contribution is -0.131. The Labute approximate surface area is 135 Å². The molecule has 0 aromatic heterocycles. The van der Waals surface area contributed by atoms with Gasteiger partial charge in [-0.1, -0.05) is 24.3 Å². The molecule has 0 aliphatic rings. The zero-order chi connectivity index (χ0) is 15.2. The highest BCUT2D eigenvalue weighted by Crippen LogP contribution is 2.24. The number of halogens is 2. The molecule has 0 unspecified atom stereocenters. The van der Waals surface area contributed by atoms with E-state index < -0.39 is 5.97 Å². The maximum absolute atomic E-state index is 13.5. The van der Waals surface area contributed by atoms with Gasteiger partial charge in [0, 0.05) is 11.6 Å². The summed E-state index contributed by atoms with van der Waals surface area (Å²) in [6.45, 7) is 0.146. The molecule has 0 fully saturated rings. The lowest BCUT2D eigenvalue weighted by Gasteiger charge is -2.09. The van der Waals surface area contributed by atoms with E-state index in [1.807, 2.05) is 0 Å². The molecule has 0 bridgehead atoms. The molecule has 0 amide bonds. The molecule has 1 N–H and O–H groups in total. The number of rotatable bonds is 5. The first-order chi connectivity index (χ1) is 10.1. The molecule has 2 aromatic carbocycles. The van der Waals surface area contributed by atoms with Crippen molar-refractivity contribution < 1.29 is 19.0 Å². The fourth-order valence-corrected chi connectivity index (χ4v) is 2.37. The molecular weight excluding hydrogens is 386 g/mol. The number of carboxylic acid groups (broad SMARTS) is 1. The van der Waals surface area contributed by atoms with Crippen molar-refractivity contribution in [3.63, 3.8) is 0 Å². The highest BCUT2D eigenvalue weighted by molar-refractivity contribution is 14.1. The van der Waals surface area contributed by atoms with Gasteiger partial charge in [0.2, 0.25) is 0 Å². The van der Waals surface area contributed by atoms with Gasteiger partial charge in [0.05, 0.1) is 3.57 Å². The van der Waals surface area contributed by atoms with Crippen LogP contribution in [-0.2, 0) is 11.4 Å². The van der Waals surface area contributed by atoms with Gasteiger partial charge in [-0.15, -0.1) is 0 Å². The summed E-state index contributed by atoms with van der Waals surface area (Å²) in [4.78, 5) is 10.5. The van der Waals surface area contributed by atoms with Crippen molar-refractivity contribution in [2.24, 2.45) is 0 Å². The number of benzene rings is 2. The summed E-state index contributed by atoms with van der Waals surface area (Å²) in [6.07, 6.45) is 2.58. The van der Waals surface area contributed by atoms with Gasteiger partial charge in [-0.3, -0.25) is 0 Å². The van der Waals surface area contributed by atoms with Crippen LogP contribution in [0.1, 0.15) is 11.1 Å². The summed E-state index contributed by atoms with van der Waals surface area (Å²) in [5.41, 5.74) is 1.25. The Morgan fingerprint density at radius 3 is 2.71 bits per heavy atom. The second-order valence-electron chi connectivity index (χ2n) is 4.24. The van der Waals surface area contributed by atoms with Crippen molar-refractivity contribution in [2.45, 2.75) is 6.61 Å². The number of ether oxygens (including phenoxy) is 1. The average Bonchev–Trinajstić information content (AvgIpc) is 2.45. The molecule has 0 aliphatic carbocycles. The Balaban J connectivity index is 2.08. The van der Waals surface area contributed by atoms with E-state index in [4.69, 9.17) is 9.84 Å². The lowest BCUT2D eigenvalue weighted by Crippen LogP contribution is -1.99. The van der Waals surface area contributed by atoms with Gasteiger partial charge >= 0.3 is 5.97 Å². The Morgan fingerprint density at radius 1 is 1.29 bits per heavy atom. The van der Waals surface area contributed by atoms with Crippen LogP contribution >= 0.6 is 22.6 Å². The van der Waals surface area contributed by atoms with Crippen molar-refractivity contribution in [2.75, 3.05) is 0 Å². The first-order valence-corrected chi connectivity index (χ1v) is 7.21. The number of hydrogen-bond donors (Lipinski definition) is 1. The van der Waals surface area contributed by atoms with Crippen molar-refractivity contribution in [3.8, 4) is 5.75 Å². The fraction of sp³-hybridized carbons (Fsp3) is 0.0625. The molecule has 108 valence electrons. The average molecular weight is 398 g/mol. The SMILES string of the molecule is O=C(O)/C=C/c1ccc(OCc2ccccc2F)c(I)c1. The Morgan fingerprint density at radius 2 is 2.05 bits per heavy atom. The van der Waals surface area contributed by atoms with Gasteiger partial charge < -0.3 is 9.84 Å². The minimum atomic E-state index is -0.995. The third-order valence-corrected chi connectivity index (χ3v) is 3.56. The molecule has 0 heterocycles. The van der Waals surface area contributed by atoms with Crippen molar-refractivity contribution in [1.82, 2.24) is 0 Å². The standard InChI is InChI=1S/C16H12FIO3/c17-13-4-2-1-3-12(13)10-21-15-7-5-11(9-14(15)18)6-8-16(19)20/h1-9H,10H2,(H,19,20)/b8-6+. The molecular formula is C16H12FIO3. The van der Waals surface area contributed by atoms with E-state index in [-0.39, 0.29) is 12.4 Å². The maximum Gasteiger partial charge on any atom is 0.328 e. The zero-order valence-electron chi connectivity index (χ0n) is 10.9. The number of hydrogen-bond acceptors (Lipinski definition) is 2. The summed E-state index contributed by atoms with van der Waals surface area (Å²) in [6, 6.07) is 11.7. The minimum absolute atomic E-state index is 0.146. The van der Waals surface area contributed by atoms with E-state index >= 15 is 0 Å². The molecule has 0 saturated carbocycles. The van der Waals surface area contributed by atoms with Crippen molar-refractivity contribution in [1.29, 1.82) is 0 Å². The van der Waals surface area contributed by atoms with Crippen LogP contribution < -0.4 is 4.74 Å². The van der Waals surface area contributed by atoms with Crippen LogP contribution in [0, 0.1) is 9.39 Å². The number of carboxylic acids is 1. The Kier molecular flexibility index (Phi) is 5.32. The first kappa shape index (κ1) is 15.5. The largest absolute Gasteiger partial charge is 0.488 e. The second kappa shape index (κ2) is 7.21. The Bertz CT molecular complexity index is 683. The van der Waals surface area contributed by atoms with Crippen LogP contribution in [0.2, 0.25) is 0 Å². The van der Waals surface area contributed by atoms with E-state index in [9.17, 15) is 9.18 Å². The topological polar surface area (TPSA) is 46.5 Å². The third kappa shape index (κ3) is 4.56. The molecule has 5 heteroatoms. The van der Waals surface area contributed by atoms with Gasteiger partial charge in [0.15, 0.2) is 0 Å². The second-order valence-corrected chi connectivity index (χ2v) is 5.40. The fourth-order valence-electron chi connectivity index (χ4n) is 1.68. The molecule has 0 radical (unpaired) electrons. The highest BCUT2D eigenvalue weighted by Gasteiger charge is 2.05. The van der Waals surface area contributed by atoms with Gasteiger partial charge in [0.25, 0.3) is 0 Å². The number of carbonyl (C=O) groups is 1. The molecule has 0 saturated heterocycles. The Hall–Kier alpha value is -1.89. The van der Waals surface area contributed by atoms with E-state index in [2.05, 4.69) is 22.6 Å². The van der Waals surface area contributed by atoms with Crippen LogP contribution in [0.25, 0.3) is 6.08 Å². The highest BCUT2D eigenvalue weighted by atomic mass is 127. The summed E-state index contributed by atoms with van der Waals surface area (Å²) in [5.74, 6) is -0.662. The van der Waals surface area contributed by atoms with Crippen LogP contribution in [0.15, 0.2) is 48.5 Å². The van der Waals surface area contributed by atoms with E-state index in [1.54, 1.807) is 36.4 Å². The zero-order valence-corrected chi connectivity index (χ0v) is 13.1. The first-order valence-electron chi connectivity index (χ1n) is 6.13. The predicted molar refractivity (Wildman–Crippen MR) is 86.6 cm³/mol. The van der Waals surface area contributed by atoms with E-state index in [0.29, 0.717) is 11.3 Å². The molecule has 21 heavy (non-hydrogen) atoms. The molecule has 2 rings (SSSR count). The van der Waals surface area contributed by atoms with Gasteiger partial charge in [-0.2, -0.15) is 0 Å². The summed E-state index contributed by atoms with van der Waals surface area (Å²) in [7, 11) is 0. The monoisotopic (exact) mass is 398 g/mol. The van der Waals surface area contributed by atoms with Gasteiger partial charge in [-0.05, 0) is 52.4 Å². The molecule has 0 aliphatic heterocycles. The van der Waals surface area contributed by atoms with Crippen LogP contribution in [0.3, 0.4) is 0 Å². The van der Waals surface area contributed by atoms with Crippen LogP contribution in [0.4, 0.5) is 4.39 Å². The minimum Gasteiger partial charge on any atom is -0.488 e. The molecule has 2 aromatic rings. The van der Waals surface area contributed by atoms with E-state index in [1.165, 1.54) is 12.1 Å². The maximum atomic E-state index is 13.5. The lowest BCUT2D eigenvalue weighted by atomic mass is 10.2. The van der Waals surface area contributed by atoms with Gasteiger partial charge in [-0.25, -0.2) is 9.18 Å². The quantitative estimate of drug-likeness (QED) is 0.609. The smallest absolute Gasteiger partial charge is 0.328 e. The summed E-state index contributed by atoms with van der Waals surface area (Å²) >= 11 is 2.09. The third-order valence-electron chi connectivity index (χ3n) is 2.72.